The van der Waals surface area contributed by atoms with E-state index in [1.54, 1.807) is 0 Å². The number of fused-ring (bicyclic) bond motifs is 1. The third-order valence-corrected chi connectivity index (χ3v) is 4.34. The first-order chi connectivity index (χ1) is 11.1. The molecular formula is C18H26N2O3. The molecule has 0 unspecified atom stereocenters. The number of methoxy groups -OCH3 is 1. The summed E-state index contributed by atoms with van der Waals surface area (Å²) in [6.45, 7) is 8.09. The summed E-state index contributed by atoms with van der Waals surface area (Å²) in [6, 6.07) is 6.20. The minimum Gasteiger partial charge on any atom is -0.469 e. The number of benzene rings is 1. The molecule has 2 aliphatic rings. The van der Waals surface area contributed by atoms with E-state index in [-0.39, 0.29) is 17.8 Å². The molecule has 2 heterocycles. The Labute approximate surface area is 138 Å². The summed E-state index contributed by atoms with van der Waals surface area (Å²) in [6.07, 6.45) is 1.44. The molecular weight excluding hydrogens is 292 g/mol. The molecule has 3 rings (SSSR count). The summed E-state index contributed by atoms with van der Waals surface area (Å²) in [5, 5.41) is 0. The number of carbonyl (C=O) groups excluding carboxylic acids is 2. The van der Waals surface area contributed by atoms with E-state index in [1.165, 1.54) is 12.7 Å². The Balaban J connectivity index is 0.000000924. The number of carbonyl (C=O) groups is 2. The van der Waals surface area contributed by atoms with Crippen molar-refractivity contribution in [2.45, 2.75) is 33.6 Å². The first-order valence-corrected chi connectivity index (χ1v) is 8.40. The zero-order valence-electron chi connectivity index (χ0n) is 14.5. The van der Waals surface area contributed by atoms with Crippen LogP contribution in [0.3, 0.4) is 0 Å². The van der Waals surface area contributed by atoms with E-state index in [0.29, 0.717) is 19.5 Å². The summed E-state index contributed by atoms with van der Waals surface area (Å²) in [5.41, 5.74) is 3.38. The van der Waals surface area contributed by atoms with Gasteiger partial charge in [0.05, 0.1) is 13.0 Å². The van der Waals surface area contributed by atoms with E-state index in [9.17, 15) is 9.59 Å². The van der Waals surface area contributed by atoms with Crippen molar-refractivity contribution in [3.63, 3.8) is 0 Å². The van der Waals surface area contributed by atoms with E-state index in [4.69, 9.17) is 4.74 Å². The average molecular weight is 318 g/mol. The van der Waals surface area contributed by atoms with Crippen LogP contribution in [0.25, 0.3) is 0 Å². The molecule has 1 aromatic carbocycles. The molecule has 0 atom stereocenters. The fourth-order valence-corrected chi connectivity index (χ4v) is 3.04. The van der Waals surface area contributed by atoms with Crippen LogP contribution in [0.5, 0.6) is 0 Å². The molecule has 0 spiro atoms. The zero-order valence-corrected chi connectivity index (χ0v) is 14.5. The lowest BCUT2D eigenvalue weighted by atomic mass is 9.98. The quantitative estimate of drug-likeness (QED) is 0.804. The predicted octanol–water partition coefficient (Wildman–Crippen LogP) is 2.62. The molecule has 5 heteroatoms. The maximum Gasteiger partial charge on any atom is 0.312 e. The summed E-state index contributed by atoms with van der Waals surface area (Å²) >= 11 is 0. The molecule has 126 valence electrons. The van der Waals surface area contributed by atoms with E-state index in [2.05, 4.69) is 11.0 Å². The Morgan fingerprint density at radius 3 is 2.57 bits per heavy atom. The fraction of sp³-hybridized carbons (Fsp3) is 0.556. The van der Waals surface area contributed by atoms with Gasteiger partial charge in [-0.2, -0.15) is 0 Å². The van der Waals surface area contributed by atoms with Gasteiger partial charge in [-0.3, -0.25) is 9.59 Å². The minimum atomic E-state index is -0.132. The van der Waals surface area contributed by atoms with Crippen LogP contribution in [0, 0.1) is 5.92 Å². The van der Waals surface area contributed by atoms with Gasteiger partial charge in [0.25, 0.3) is 0 Å². The molecule has 1 fully saturated rings. The predicted molar refractivity (Wildman–Crippen MR) is 91.9 cm³/mol. The van der Waals surface area contributed by atoms with Crippen LogP contribution in [-0.4, -0.2) is 38.6 Å². The number of esters is 1. The number of ether oxygens (including phenoxy) is 1. The molecule has 0 bridgehead atoms. The van der Waals surface area contributed by atoms with E-state index < -0.39 is 0 Å². The normalized spacial score (nSPS) is 16.2. The highest BCUT2D eigenvalue weighted by atomic mass is 16.5. The highest BCUT2D eigenvalue weighted by Gasteiger charge is 2.34. The van der Waals surface area contributed by atoms with Gasteiger partial charge in [-0.25, -0.2) is 0 Å². The number of hydrogen-bond donors (Lipinski definition) is 0. The Morgan fingerprint density at radius 2 is 1.96 bits per heavy atom. The monoisotopic (exact) mass is 318 g/mol. The van der Waals surface area contributed by atoms with Gasteiger partial charge in [-0.15, -0.1) is 0 Å². The second-order valence-corrected chi connectivity index (χ2v) is 5.59. The minimum absolute atomic E-state index is 0.0126. The highest BCUT2D eigenvalue weighted by Crippen LogP contribution is 2.34. The smallest absolute Gasteiger partial charge is 0.312 e. The van der Waals surface area contributed by atoms with Crippen LogP contribution in [0.2, 0.25) is 0 Å². The first kappa shape index (κ1) is 17.3. The van der Waals surface area contributed by atoms with E-state index in [0.717, 1.165) is 24.3 Å². The van der Waals surface area contributed by atoms with Crippen LogP contribution in [0.15, 0.2) is 18.2 Å². The van der Waals surface area contributed by atoms with Crippen LogP contribution in [0.1, 0.15) is 32.8 Å². The van der Waals surface area contributed by atoms with Crippen LogP contribution in [-0.2, 0) is 20.7 Å². The van der Waals surface area contributed by atoms with Crippen molar-refractivity contribution in [2.24, 2.45) is 5.92 Å². The van der Waals surface area contributed by atoms with Crippen molar-refractivity contribution < 1.29 is 14.3 Å². The van der Waals surface area contributed by atoms with Crippen molar-refractivity contribution in [3.8, 4) is 0 Å². The molecule has 0 saturated carbocycles. The first-order valence-electron chi connectivity index (χ1n) is 8.40. The molecule has 0 radical (unpaired) electrons. The molecule has 1 amide bonds. The van der Waals surface area contributed by atoms with Crippen LogP contribution in [0.4, 0.5) is 11.4 Å². The standard InChI is InChI=1S/C16H20N2O3.C2H6/c1-3-15(19)18-7-6-11-8-13(4-5-14(11)18)17-9-12(10-17)16(20)21-2;1-2/h4-5,8,12H,3,6-7,9-10H2,1-2H3;1-2H3. The van der Waals surface area contributed by atoms with Crippen molar-refractivity contribution in [1.82, 2.24) is 0 Å². The third kappa shape index (κ3) is 3.33. The molecule has 0 aromatic heterocycles. The Hall–Kier alpha value is -2.04. The van der Waals surface area contributed by atoms with Crippen LogP contribution >= 0.6 is 0 Å². The Morgan fingerprint density at radius 1 is 1.26 bits per heavy atom. The maximum atomic E-state index is 11.9. The van der Waals surface area contributed by atoms with Gasteiger partial charge >= 0.3 is 5.97 Å². The number of anilines is 2. The van der Waals surface area contributed by atoms with E-state index >= 15 is 0 Å². The van der Waals surface area contributed by atoms with Gasteiger partial charge in [0.2, 0.25) is 5.91 Å². The van der Waals surface area contributed by atoms with Crippen molar-refractivity contribution in [2.75, 3.05) is 36.5 Å². The molecule has 2 aliphatic heterocycles. The summed E-state index contributed by atoms with van der Waals surface area (Å²) in [5.74, 6) is 0.0322. The molecule has 5 nitrogen and oxygen atoms in total. The van der Waals surface area contributed by atoms with Crippen molar-refractivity contribution in [3.05, 3.63) is 23.8 Å². The van der Waals surface area contributed by atoms with Gasteiger partial charge in [0, 0.05) is 37.4 Å². The second kappa shape index (κ2) is 7.49. The summed E-state index contributed by atoms with van der Waals surface area (Å²) in [4.78, 5) is 27.3. The Bertz CT molecular complexity index is 580. The van der Waals surface area contributed by atoms with Gasteiger partial charge in [-0.05, 0) is 30.2 Å². The zero-order chi connectivity index (χ0) is 17.0. The summed E-state index contributed by atoms with van der Waals surface area (Å²) in [7, 11) is 1.43. The van der Waals surface area contributed by atoms with Gasteiger partial charge in [0.1, 0.15) is 0 Å². The second-order valence-electron chi connectivity index (χ2n) is 5.59. The maximum absolute atomic E-state index is 11.9. The van der Waals surface area contributed by atoms with Crippen molar-refractivity contribution in [1.29, 1.82) is 0 Å². The van der Waals surface area contributed by atoms with Gasteiger partial charge < -0.3 is 14.5 Å². The lowest BCUT2D eigenvalue weighted by molar-refractivity contribution is -0.146. The number of hydrogen-bond acceptors (Lipinski definition) is 4. The van der Waals surface area contributed by atoms with Crippen LogP contribution < -0.4 is 9.80 Å². The number of rotatable bonds is 3. The molecule has 23 heavy (non-hydrogen) atoms. The lowest BCUT2D eigenvalue weighted by Gasteiger charge is -2.39. The summed E-state index contributed by atoms with van der Waals surface area (Å²) < 4.78 is 4.76. The average Bonchev–Trinajstić information content (AvgIpc) is 2.97. The largest absolute Gasteiger partial charge is 0.469 e. The van der Waals surface area contributed by atoms with Gasteiger partial charge in [-0.1, -0.05) is 20.8 Å². The highest BCUT2D eigenvalue weighted by molar-refractivity contribution is 5.95. The van der Waals surface area contributed by atoms with E-state index in [1.807, 2.05) is 37.8 Å². The fourth-order valence-electron chi connectivity index (χ4n) is 3.04. The van der Waals surface area contributed by atoms with Gasteiger partial charge in [0.15, 0.2) is 0 Å². The third-order valence-electron chi connectivity index (χ3n) is 4.34. The molecule has 1 aromatic rings. The lowest BCUT2D eigenvalue weighted by Crippen LogP contribution is -2.50. The molecule has 0 aliphatic carbocycles. The van der Waals surface area contributed by atoms with Crippen molar-refractivity contribution >= 4 is 23.3 Å². The number of nitrogens with zero attached hydrogens (tertiary/aromatic N) is 2. The Kier molecular flexibility index (Phi) is 5.64. The number of amides is 1. The molecule has 1 saturated heterocycles. The molecule has 0 N–H and O–H groups in total. The SMILES string of the molecule is CC.CCC(=O)N1CCc2cc(N3CC(C(=O)OC)C3)ccc21. The topological polar surface area (TPSA) is 49.9 Å².